The molecule has 0 spiro atoms. The van der Waals surface area contributed by atoms with Crippen LogP contribution in [-0.2, 0) is 0 Å². The largest absolute Gasteiger partial charge is 0.508 e. The Bertz CT molecular complexity index is 647. The SMILES string of the molecule is CN(C(=O)c1ccc(N2CCCC2)nc1)c1ccc(O)cc1. The van der Waals surface area contributed by atoms with Gasteiger partial charge in [-0.1, -0.05) is 0 Å². The number of hydrogen-bond acceptors (Lipinski definition) is 4. The summed E-state index contributed by atoms with van der Waals surface area (Å²) < 4.78 is 0. The smallest absolute Gasteiger partial charge is 0.259 e. The van der Waals surface area contributed by atoms with Crippen molar-refractivity contribution < 1.29 is 9.90 Å². The third-order valence-corrected chi connectivity index (χ3v) is 3.97. The molecule has 2 heterocycles. The van der Waals surface area contributed by atoms with Gasteiger partial charge in [-0.2, -0.15) is 0 Å². The van der Waals surface area contributed by atoms with E-state index in [1.54, 1.807) is 42.4 Å². The molecule has 1 N–H and O–H groups in total. The van der Waals surface area contributed by atoms with Crippen LogP contribution in [0.5, 0.6) is 5.75 Å². The van der Waals surface area contributed by atoms with Crippen LogP contribution >= 0.6 is 0 Å². The summed E-state index contributed by atoms with van der Waals surface area (Å²) in [5.74, 6) is 0.994. The van der Waals surface area contributed by atoms with Gasteiger partial charge in [-0.3, -0.25) is 4.79 Å². The van der Waals surface area contributed by atoms with Crippen LogP contribution < -0.4 is 9.80 Å². The van der Waals surface area contributed by atoms with Gasteiger partial charge in [0.2, 0.25) is 0 Å². The average Bonchev–Trinajstić information content (AvgIpc) is 3.09. The van der Waals surface area contributed by atoms with Crippen molar-refractivity contribution in [2.45, 2.75) is 12.8 Å². The van der Waals surface area contributed by atoms with E-state index < -0.39 is 0 Å². The average molecular weight is 297 g/mol. The zero-order valence-corrected chi connectivity index (χ0v) is 12.6. The predicted molar refractivity (Wildman–Crippen MR) is 86.5 cm³/mol. The number of benzene rings is 1. The maximum absolute atomic E-state index is 12.5. The maximum atomic E-state index is 12.5. The highest BCUT2D eigenvalue weighted by molar-refractivity contribution is 6.05. The second kappa shape index (κ2) is 6.05. The minimum Gasteiger partial charge on any atom is -0.508 e. The van der Waals surface area contributed by atoms with Crippen LogP contribution in [-0.4, -0.2) is 36.1 Å². The quantitative estimate of drug-likeness (QED) is 0.946. The lowest BCUT2D eigenvalue weighted by Crippen LogP contribution is -2.26. The van der Waals surface area contributed by atoms with Crippen molar-refractivity contribution in [1.29, 1.82) is 0 Å². The fourth-order valence-corrected chi connectivity index (χ4v) is 2.63. The summed E-state index contributed by atoms with van der Waals surface area (Å²) in [7, 11) is 1.71. The summed E-state index contributed by atoms with van der Waals surface area (Å²) in [6.45, 7) is 2.07. The molecular formula is C17H19N3O2. The number of amides is 1. The molecule has 3 rings (SSSR count). The monoisotopic (exact) mass is 297 g/mol. The number of rotatable bonds is 3. The van der Waals surface area contributed by atoms with Crippen molar-refractivity contribution in [2.24, 2.45) is 0 Å². The summed E-state index contributed by atoms with van der Waals surface area (Å²) in [6, 6.07) is 10.3. The molecular weight excluding hydrogens is 278 g/mol. The van der Waals surface area contributed by atoms with Crippen LogP contribution in [0.4, 0.5) is 11.5 Å². The Balaban J connectivity index is 1.75. The van der Waals surface area contributed by atoms with E-state index in [1.165, 1.54) is 12.8 Å². The molecule has 0 aliphatic carbocycles. The predicted octanol–water partition coefficient (Wildman–Crippen LogP) is 2.66. The van der Waals surface area contributed by atoms with Crippen molar-refractivity contribution in [3.8, 4) is 5.75 Å². The number of carbonyl (C=O) groups excluding carboxylic acids is 1. The second-order valence-corrected chi connectivity index (χ2v) is 5.48. The van der Waals surface area contributed by atoms with Crippen molar-refractivity contribution in [3.05, 3.63) is 48.2 Å². The molecule has 1 aromatic carbocycles. The first kappa shape index (κ1) is 14.4. The van der Waals surface area contributed by atoms with Gasteiger partial charge < -0.3 is 14.9 Å². The van der Waals surface area contributed by atoms with E-state index in [4.69, 9.17) is 0 Å². The number of pyridine rings is 1. The number of anilines is 2. The molecule has 0 bridgehead atoms. The first-order valence-corrected chi connectivity index (χ1v) is 7.43. The second-order valence-electron chi connectivity index (χ2n) is 5.48. The molecule has 1 amide bonds. The van der Waals surface area contributed by atoms with Gasteiger partial charge in [-0.15, -0.1) is 0 Å². The van der Waals surface area contributed by atoms with Gasteiger partial charge in [0.05, 0.1) is 5.56 Å². The minimum atomic E-state index is -0.119. The summed E-state index contributed by atoms with van der Waals surface area (Å²) in [4.78, 5) is 20.7. The Morgan fingerprint density at radius 1 is 1.14 bits per heavy atom. The van der Waals surface area contributed by atoms with E-state index >= 15 is 0 Å². The molecule has 1 aromatic heterocycles. The number of aromatic nitrogens is 1. The van der Waals surface area contributed by atoms with E-state index in [9.17, 15) is 9.90 Å². The molecule has 0 saturated carbocycles. The minimum absolute atomic E-state index is 0.119. The van der Waals surface area contributed by atoms with Crippen LogP contribution in [0.25, 0.3) is 0 Å². The van der Waals surface area contributed by atoms with E-state index in [-0.39, 0.29) is 11.7 Å². The highest BCUT2D eigenvalue weighted by Gasteiger charge is 2.16. The Morgan fingerprint density at radius 2 is 1.82 bits per heavy atom. The zero-order valence-electron chi connectivity index (χ0n) is 12.6. The van der Waals surface area contributed by atoms with Gasteiger partial charge in [0.15, 0.2) is 0 Å². The Morgan fingerprint density at radius 3 is 2.41 bits per heavy atom. The lowest BCUT2D eigenvalue weighted by Gasteiger charge is -2.19. The number of nitrogens with zero attached hydrogens (tertiary/aromatic N) is 3. The topological polar surface area (TPSA) is 56.7 Å². The lowest BCUT2D eigenvalue weighted by molar-refractivity contribution is 0.0992. The highest BCUT2D eigenvalue weighted by Crippen LogP contribution is 2.21. The van der Waals surface area contributed by atoms with Crippen molar-refractivity contribution in [3.63, 3.8) is 0 Å². The molecule has 0 atom stereocenters. The van der Waals surface area contributed by atoms with E-state index in [1.807, 2.05) is 12.1 Å². The number of carbonyl (C=O) groups is 1. The van der Waals surface area contributed by atoms with Gasteiger partial charge in [0.1, 0.15) is 11.6 Å². The molecule has 0 unspecified atom stereocenters. The fraction of sp³-hybridized carbons (Fsp3) is 0.294. The highest BCUT2D eigenvalue weighted by atomic mass is 16.3. The molecule has 1 fully saturated rings. The molecule has 5 nitrogen and oxygen atoms in total. The van der Waals surface area contributed by atoms with Crippen LogP contribution in [0.15, 0.2) is 42.6 Å². The molecule has 22 heavy (non-hydrogen) atoms. The van der Waals surface area contributed by atoms with E-state index in [0.717, 1.165) is 24.6 Å². The summed E-state index contributed by atoms with van der Waals surface area (Å²) in [5, 5.41) is 9.31. The first-order valence-electron chi connectivity index (χ1n) is 7.43. The number of phenols is 1. The lowest BCUT2D eigenvalue weighted by atomic mass is 10.2. The van der Waals surface area contributed by atoms with E-state index in [0.29, 0.717) is 5.56 Å². The molecule has 114 valence electrons. The summed E-state index contributed by atoms with van der Waals surface area (Å²) in [5.41, 5.74) is 1.28. The molecule has 2 aromatic rings. The van der Waals surface area contributed by atoms with Crippen LogP contribution in [0.3, 0.4) is 0 Å². The first-order chi connectivity index (χ1) is 10.6. The molecule has 5 heteroatoms. The Hall–Kier alpha value is -2.56. The van der Waals surface area contributed by atoms with Crippen LogP contribution in [0.2, 0.25) is 0 Å². The van der Waals surface area contributed by atoms with E-state index in [2.05, 4.69) is 9.88 Å². The molecule has 1 aliphatic heterocycles. The van der Waals surface area contributed by atoms with Gasteiger partial charge in [-0.05, 0) is 49.2 Å². The van der Waals surface area contributed by atoms with Gasteiger partial charge in [0, 0.05) is 32.0 Å². The van der Waals surface area contributed by atoms with Crippen LogP contribution in [0.1, 0.15) is 23.2 Å². The third-order valence-electron chi connectivity index (χ3n) is 3.97. The number of phenolic OH excluding ortho intramolecular Hbond substituents is 1. The Labute approximate surface area is 129 Å². The van der Waals surface area contributed by atoms with Crippen molar-refractivity contribution >= 4 is 17.4 Å². The summed E-state index contributed by atoms with van der Waals surface area (Å²) >= 11 is 0. The standard InChI is InChI=1S/C17H19N3O2/c1-19(14-5-7-15(21)8-6-14)17(22)13-4-9-16(18-12-13)20-10-2-3-11-20/h4-9,12,21H,2-3,10-11H2,1H3. The van der Waals surface area contributed by atoms with Gasteiger partial charge in [0.25, 0.3) is 5.91 Å². The number of hydrogen-bond donors (Lipinski definition) is 1. The normalized spacial score (nSPS) is 14.1. The Kier molecular flexibility index (Phi) is 3.96. The molecule has 1 saturated heterocycles. The maximum Gasteiger partial charge on any atom is 0.259 e. The van der Waals surface area contributed by atoms with Crippen molar-refractivity contribution in [2.75, 3.05) is 29.9 Å². The van der Waals surface area contributed by atoms with Crippen LogP contribution in [0, 0.1) is 0 Å². The third kappa shape index (κ3) is 2.88. The molecule has 0 radical (unpaired) electrons. The van der Waals surface area contributed by atoms with Gasteiger partial charge in [-0.25, -0.2) is 4.98 Å². The molecule has 1 aliphatic rings. The fourth-order valence-electron chi connectivity index (χ4n) is 2.63. The number of aromatic hydroxyl groups is 1. The van der Waals surface area contributed by atoms with Gasteiger partial charge >= 0.3 is 0 Å². The van der Waals surface area contributed by atoms with Crippen molar-refractivity contribution in [1.82, 2.24) is 4.98 Å². The summed E-state index contributed by atoms with van der Waals surface area (Å²) in [6.07, 6.45) is 4.03. The zero-order chi connectivity index (χ0) is 15.5.